The molecule has 0 aliphatic rings. The summed E-state index contributed by atoms with van der Waals surface area (Å²) in [7, 11) is -3.68. The van der Waals surface area contributed by atoms with Gasteiger partial charge in [-0.1, -0.05) is 54.6 Å². The van der Waals surface area contributed by atoms with E-state index in [9.17, 15) is 13.2 Å². The standard InChI is InChI=1S/C23H24N2O3S2/c26-23(19-29-21-13-6-2-7-14-21)24-17-10-18-25(20-11-4-1-5-12-20)30(27,28)22-15-8-3-9-16-22/h1-9,11-16H,10,17-19H2,(H,24,26). The number of rotatable bonds is 10. The van der Waals surface area contributed by atoms with Crippen LogP contribution in [-0.4, -0.2) is 33.2 Å². The van der Waals surface area contributed by atoms with Gasteiger partial charge in [-0.05, 0) is 42.8 Å². The van der Waals surface area contributed by atoms with Crippen molar-refractivity contribution in [1.82, 2.24) is 5.32 Å². The summed E-state index contributed by atoms with van der Waals surface area (Å²) >= 11 is 1.47. The van der Waals surface area contributed by atoms with Crippen molar-refractivity contribution in [2.24, 2.45) is 0 Å². The van der Waals surface area contributed by atoms with E-state index in [1.807, 2.05) is 48.5 Å². The summed E-state index contributed by atoms with van der Waals surface area (Å²) < 4.78 is 27.7. The van der Waals surface area contributed by atoms with Gasteiger partial charge in [0, 0.05) is 18.0 Å². The van der Waals surface area contributed by atoms with E-state index in [0.717, 1.165) is 4.90 Å². The molecule has 1 N–H and O–H groups in total. The molecule has 0 aliphatic heterocycles. The van der Waals surface area contributed by atoms with Crippen LogP contribution in [0.25, 0.3) is 0 Å². The van der Waals surface area contributed by atoms with Crippen LogP contribution in [0.5, 0.6) is 0 Å². The first-order valence-electron chi connectivity index (χ1n) is 9.65. The number of hydrogen-bond donors (Lipinski definition) is 1. The lowest BCUT2D eigenvalue weighted by Gasteiger charge is -2.24. The molecule has 3 aromatic carbocycles. The van der Waals surface area contributed by atoms with Crippen LogP contribution < -0.4 is 9.62 Å². The largest absolute Gasteiger partial charge is 0.355 e. The van der Waals surface area contributed by atoms with E-state index in [-0.39, 0.29) is 17.3 Å². The Balaban J connectivity index is 1.57. The number of anilines is 1. The number of thioether (sulfide) groups is 1. The molecule has 0 radical (unpaired) electrons. The lowest BCUT2D eigenvalue weighted by atomic mass is 10.3. The minimum absolute atomic E-state index is 0.0685. The highest BCUT2D eigenvalue weighted by atomic mass is 32.2. The average Bonchev–Trinajstić information content (AvgIpc) is 2.79. The molecule has 0 saturated heterocycles. The number of hydrogen-bond acceptors (Lipinski definition) is 4. The van der Waals surface area contributed by atoms with Gasteiger partial charge in [0.05, 0.1) is 16.3 Å². The van der Waals surface area contributed by atoms with Crippen LogP contribution in [0.3, 0.4) is 0 Å². The zero-order valence-electron chi connectivity index (χ0n) is 16.5. The predicted molar refractivity (Wildman–Crippen MR) is 122 cm³/mol. The maximum atomic E-state index is 13.2. The van der Waals surface area contributed by atoms with Crippen molar-refractivity contribution in [3.05, 3.63) is 91.0 Å². The summed E-state index contributed by atoms with van der Waals surface area (Å²) in [5, 5.41) is 2.87. The molecule has 3 aromatic rings. The van der Waals surface area contributed by atoms with Crippen molar-refractivity contribution in [1.29, 1.82) is 0 Å². The van der Waals surface area contributed by atoms with Crippen LogP contribution in [0.4, 0.5) is 5.69 Å². The zero-order valence-corrected chi connectivity index (χ0v) is 18.1. The quantitative estimate of drug-likeness (QED) is 0.379. The maximum Gasteiger partial charge on any atom is 0.264 e. The highest BCUT2D eigenvalue weighted by Crippen LogP contribution is 2.23. The second-order valence-electron chi connectivity index (χ2n) is 6.53. The lowest BCUT2D eigenvalue weighted by molar-refractivity contribution is -0.118. The van der Waals surface area contributed by atoms with Crippen LogP contribution in [0.1, 0.15) is 6.42 Å². The van der Waals surface area contributed by atoms with E-state index in [1.54, 1.807) is 42.5 Å². The topological polar surface area (TPSA) is 66.5 Å². The summed E-state index contributed by atoms with van der Waals surface area (Å²) in [6, 6.07) is 27.1. The van der Waals surface area contributed by atoms with E-state index in [2.05, 4.69) is 5.32 Å². The summed E-state index contributed by atoms with van der Waals surface area (Å²) in [6.45, 7) is 0.676. The fourth-order valence-electron chi connectivity index (χ4n) is 2.87. The second kappa shape index (κ2) is 10.8. The zero-order chi connectivity index (χ0) is 21.2. The Kier molecular flexibility index (Phi) is 7.93. The Morgan fingerprint density at radius 3 is 2.03 bits per heavy atom. The highest BCUT2D eigenvalue weighted by molar-refractivity contribution is 8.00. The molecule has 0 unspecified atom stereocenters. The van der Waals surface area contributed by atoms with Gasteiger partial charge in [-0.15, -0.1) is 11.8 Å². The first-order chi connectivity index (χ1) is 14.6. The van der Waals surface area contributed by atoms with Crippen molar-refractivity contribution in [2.75, 3.05) is 23.1 Å². The SMILES string of the molecule is O=C(CSc1ccccc1)NCCCN(c1ccccc1)S(=O)(=O)c1ccccc1. The van der Waals surface area contributed by atoms with Gasteiger partial charge in [0.2, 0.25) is 5.91 Å². The molecule has 0 aromatic heterocycles. The van der Waals surface area contributed by atoms with Gasteiger partial charge >= 0.3 is 0 Å². The number of sulfonamides is 1. The van der Waals surface area contributed by atoms with E-state index >= 15 is 0 Å². The van der Waals surface area contributed by atoms with Crippen molar-refractivity contribution < 1.29 is 13.2 Å². The van der Waals surface area contributed by atoms with Crippen molar-refractivity contribution >= 4 is 33.4 Å². The van der Waals surface area contributed by atoms with Gasteiger partial charge in [-0.3, -0.25) is 9.10 Å². The summed E-state index contributed by atoms with van der Waals surface area (Å²) in [4.78, 5) is 13.4. The van der Waals surface area contributed by atoms with Crippen molar-refractivity contribution in [3.8, 4) is 0 Å². The van der Waals surface area contributed by atoms with Crippen LogP contribution in [-0.2, 0) is 14.8 Å². The number of amides is 1. The molecule has 1 amide bonds. The molecule has 0 saturated carbocycles. The van der Waals surface area contributed by atoms with Crippen LogP contribution >= 0.6 is 11.8 Å². The number of para-hydroxylation sites is 1. The Hall–Kier alpha value is -2.77. The second-order valence-corrected chi connectivity index (χ2v) is 9.44. The Morgan fingerprint density at radius 2 is 1.40 bits per heavy atom. The first-order valence-corrected chi connectivity index (χ1v) is 12.1. The molecule has 0 heterocycles. The van der Waals surface area contributed by atoms with E-state index in [4.69, 9.17) is 0 Å². The van der Waals surface area contributed by atoms with Crippen LogP contribution in [0, 0.1) is 0 Å². The number of nitrogens with zero attached hydrogens (tertiary/aromatic N) is 1. The monoisotopic (exact) mass is 440 g/mol. The van der Waals surface area contributed by atoms with Gasteiger partial charge in [0.25, 0.3) is 10.0 Å². The third-order valence-electron chi connectivity index (χ3n) is 4.35. The van der Waals surface area contributed by atoms with Crippen molar-refractivity contribution in [2.45, 2.75) is 16.2 Å². The molecule has 30 heavy (non-hydrogen) atoms. The molecule has 0 spiro atoms. The van der Waals surface area contributed by atoms with Gasteiger partial charge < -0.3 is 5.32 Å². The van der Waals surface area contributed by atoms with Gasteiger partial charge in [0.15, 0.2) is 0 Å². The molecular weight excluding hydrogens is 416 g/mol. The predicted octanol–water partition coefficient (Wildman–Crippen LogP) is 4.18. The molecule has 0 atom stereocenters. The Labute approximate surface area is 182 Å². The number of benzene rings is 3. The summed E-state index contributed by atoms with van der Waals surface area (Å²) in [5.41, 5.74) is 0.604. The van der Waals surface area contributed by atoms with Gasteiger partial charge in [-0.25, -0.2) is 8.42 Å². The normalized spacial score (nSPS) is 11.1. The third kappa shape index (κ3) is 6.11. The highest BCUT2D eigenvalue weighted by Gasteiger charge is 2.24. The summed E-state index contributed by atoms with van der Waals surface area (Å²) in [5.74, 6) is 0.260. The number of carbonyl (C=O) groups is 1. The Bertz CT molecular complexity index is 1030. The minimum atomic E-state index is -3.68. The lowest BCUT2D eigenvalue weighted by Crippen LogP contribution is -2.34. The van der Waals surface area contributed by atoms with Gasteiger partial charge in [-0.2, -0.15) is 0 Å². The van der Waals surface area contributed by atoms with Crippen molar-refractivity contribution in [3.63, 3.8) is 0 Å². The maximum absolute atomic E-state index is 13.2. The fourth-order valence-corrected chi connectivity index (χ4v) is 5.14. The third-order valence-corrected chi connectivity index (χ3v) is 7.20. The molecule has 0 aliphatic carbocycles. The molecule has 0 fully saturated rings. The van der Waals surface area contributed by atoms with E-state index in [0.29, 0.717) is 24.4 Å². The summed E-state index contributed by atoms with van der Waals surface area (Å²) in [6.07, 6.45) is 0.503. The number of nitrogens with one attached hydrogen (secondary N) is 1. The minimum Gasteiger partial charge on any atom is -0.355 e. The molecule has 156 valence electrons. The Morgan fingerprint density at radius 1 is 0.833 bits per heavy atom. The molecular formula is C23H24N2O3S2. The fraction of sp³-hybridized carbons (Fsp3) is 0.174. The molecule has 0 bridgehead atoms. The van der Waals surface area contributed by atoms with E-state index < -0.39 is 10.0 Å². The van der Waals surface area contributed by atoms with E-state index in [1.165, 1.54) is 16.1 Å². The smallest absolute Gasteiger partial charge is 0.264 e. The molecule has 5 nitrogen and oxygen atoms in total. The van der Waals surface area contributed by atoms with Crippen LogP contribution in [0.15, 0.2) is 101 Å². The van der Waals surface area contributed by atoms with Gasteiger partial charge in [0.1, 0.15) is 0 Å². The first kappa shape index (κ1) is 21.9. The average molecular weight is 441 g/mol. The molecule has 3 rings (SSSR count). The molecule has 7 heteroatoms. The number of carbonyl (C=O) groups excluding carboxylic acids is 1. The van der Waals surface area contributed by atoms with Crippen LogP contribution in [0.2, 0.25) is 0 Å².